The maximum atomic E-state index is 11.5. The second-order valence-corrected chi connectivity index (χ2v) is 5.51. The third-order valence-electron chi connectivity index (χ3n) is 2.66. The van der Waals surface area contributed by atoms with Crippen LogP contribution in [0.5, 0.6) is 0 Å². The summed E-state index contributed by atoms with van der Waals surface area (Å²) < 4.78 is 5.31. The van der Waals surface area contributed by atoms with E-state index in [2.05, 4.69) is 20.3 Å². The molecule has 9 heteroatoms. The summed E-state index contributed by atoms with van der Waals surface area (Å²) in [5, 5.41) is 0.829. The van der Waals surface area contributed by atoms with Gasteiger partial charge in [-0.1, -0.05) is 23.4 Å². The van der Waals surface area contributed by atoms with Crippen molar-refractivity contribution in [1.82, 2.24) is 15.4 Å². The smallest absolute Gasteiger partial charge is 0.254 e. The molecule has 0 radical (unpaired) electrons. The van der Waals surface area contributed by atoms with Gasteiger partial charge in [0, 0.05) is 19.2 Å². The largest absolute Gasteiger partial charge is 0.378 e. The van der Waals surface area contributed by atoms with Crippen LogP contribution in [-0.2, 0) is 14.4 Å². The van der Waals surface area contributed by atoms with Crippen LogP contribution < -0.4 is 10.4 Å². The molecule has 0 aromatic carbocycles. The standard InChI is InChI=1S/C12H17ClN4O3S/c1-2-20-16-11(18)8-21-12-14-9(13)7-10(15-12)17-3-5-19-6-4-17/h7H,2-6,8H2,1H3,(H,16,18). The highest BCUT2D eigenvalue weighted by atomic mass is 35.5. The van der Waals surface area contributed by atoms with Gasteiger partial charge in [0.2, 0.25) is 0 Å². The Morgan fingerprint density at radius 1 is 1.52 bits per heavy atom. The molecule has 0 spiro atoms. The van der Waals surface area contributed by atoms with Crippen LogP contribution in [0.2, 0.25) is 5.15 Å². The van der Waals surface area contributed by atoms with Gasteiger partial charge in [-0.2, -0.15) is 0 Å². The van der Waals surface area contributed by atoms with Crippen molar-refractivity contribution >= 4 is 35.1 Å². The van der Waals surface area contributed by atoms with Gasteiger partial charge in [0.15, 0.2) is 5.16 Å². The Bertz CT molecular complexity index is 486. The average molecular weight is 333 g/mol. The lowest BCUT2D eigenvalue weighted by molar-refractivity contribution is -0.130. The molecule has 1 aromatic heterocycles. The van der Waals surface area contributed by atoms with E-state index in [9.17, 15) is 4.79 Å². The van der Waals surface area contributed by atoms with E-state index in [-0.39, 0.29) is 11.7 Å². The van der Waals surface area contributed by atoms with E-state index in [0.29, 0.717) is 30.1 Å². The molecule has 21 heavy (non-hydrogen) atoms. The molecule has 1 N–H and O–H groups in total. The zero-order valence-corrected chi connectivity index (χ0v) is 13.2. The maximum absolute atomic E-state index is 11.5. The molecular weight excluding hydrogens is 316 g/mol. The average Bonchev–Trinajstić information content (AvgIpc) is 2.51. The van der Waals surface area contributed by atoms with Gasteiger partial charge in [-0.15, -0.1) is 0 Å². The van der Waals surface area contributed by atoms with Crippen LogP contribution in [-0.4, -0.2) is 54.5 Å². The van der Waals surface area contributed by atoms with Gasteiger partial charge in [0.05, 0.1) is 25.6 Å². The number of halogens is 1. The molecule has 0 aliphatic carbocycles. The number of carbonyl (C=O) groups excluding carboxylic acids is 1. The third kappa shape index (κ3) is 5.31. The van der Waals surface area contributed by atoms with Crippen LogP contribution in [0.3, 0.4) is 0 Å². The topological polar surface area (TPSA) is 76.6 Å². The number of aromatic nitrogens is 2. The number of nitrogens with zero attached hydrogens (tertiary/aromatic N) is 3. The summed E-state index contributed by atoms with van der Waals surface area (Å²) in [5.41, 5.74) is 2.32. The van der Waals surface area contributed by atoms with Crippen LogP contribution in [0.15, 0.2) is 11.2 Å². The number of thioether (sulfide) groups is 1. The zero-order chi connectivity index (χ0) is 15.1. The van der Waals surface area contributed by atoms with E-state index >= 15 is 0 Å². The van der Waals surface area contributed by atoms with E-state index < -0.39 is 0 Å². The lowest BCUT2D eigenvalue weighted by Gasteiger charge is -2.27. The second-order valence-electron chi connectivity index (χ2n) is 4.18. The summed E-state index contributed by atoms with van der Waals surface area (Å²) >= 11 is 7.24. The number of hydroxylamine groups is 1. The Morgan fingerprint density at radius 3 is 3.00 bits per heavy atom. The zero-order valence-electron chi connectivity index (χ0n) is 11.7. The first-order valence-corrected chi connectivity index (χ1v) is 7.96. The third-order valence-corrected chi connectivity index (χ3v) is 3.70. The predicted octanol–water partition coefficient (Wildman–Crippen LogP) is 1.13. The number of hydrogen-bond acceptors (Lipinski definition) is 7. The van der Waals surface area contributed by atoms with E-state index in [0.717, 1.165) is 18.9 Å². The number of morpholine rings is 1. The fourth-order valence-electron chi connectivity index (χ4n) is 1.72. The van der Waals surface area contributed by atoms with Crippen LogP contribution in [0, 0.1) is 0 Å². The van der Waals surface area contributed by atoms with Gasteiger partial charge in [-0.05, 0) is 6.92 Å². The Hall–Kier alpha value is -1.09. The molecule has 0 unspecified atom stereocenters. The molecule has 0 saturated carbocycles. The van der Waals surface area contributed by atoms with Crippen molar-refractivity contribution in [1.29, 1.82) is 0 Å². The minimum atomic E-state index is -0.238. The number of anilines is 1. The Balaban J connectivity index is 1.96. The van der Waals surface area contributed by atoms with Crippen molar-refractivity contribution < 1.29 is 14.4 Å². The molecule has 0 atom stereocenters. The lowest BCUT2D eigenvalue weighted by atomic mass is 10.4. The summed E-state index contributed by atoms with van der Waals surface area (Å²) in [4.78, 5) is 26.9. The minimum absolute atomic E-state index is 0.170. The molecule has 0 bridgehead atoms. The molecule has 1 saturated heterocycles. The summed E-state index contributed by atoms with van der Waals surface area (Å²) in [6, 6.07) is 1.72. The number of carbonyl (C=O) groups is 1. The number of nitrogens with one attached hydrogen (secondary N) is 1. The fourth-order valence-corrected chi connectivity index (χ4v) is 2.58. The lowest BCUT2D eigenvalue weighted by Crippen LogP contribution is -2.36. The SMILES string of the molecule is CCONC(=O)CSc1nc(Cl)cc(N2CCOCC2)n1. The van der Waals surface area contributed by atoms with Crippen LogP contribution in [0.1, 0.15) is 6.92 Å². The molecular formula is C12H17ClN4O3S. The monoisotopic (exact) mass is 332 g/mol. The Labute approximate surface area is 132 Å². The van der Waals surface area contributed by atoms with Gasteiger partial charge in [0.25, 0.3) is 5.91 Å². The molecule has 1 aliphatic rings. The molecule has 116 valence electrons. The summed E-state index contributed by atoms with van der Waals surface area (Å²) in [7, 11) is 0. The van der Waals surface area contributed by atoms with Gasteiger partial charge in [0.1, 0.15) is 11.0 Å². The van der Waals surface area contributed by atoms with Crippen LogP contribution in [0.25, 0.3) is 0 Å². The molecule has 2 heterocycles. The number of rotatable bonds is 6. The maximum Gasteiger partial charge on any atom is 0.254 e. The summed E-state index contributed by atoms with van der Waals surface area (Å²) in [6.45, 7) is 5.08. The number of amides is 1. The molecule has 2 rings (SSSR count). The van der Waals surface area contributed by atoms with E-state index in [1.165, 1.54) is 11.8 Å². The molecule has 1 amide bonds. The number of hydrogen-bond donors (Lipinski definition) is 1. The van der Waals surface area contributed by atoms with Gasteiger partial charge in [-0.3, -0.25) is 9.63 Å². The molecule has 1 aliphatic heterocycles. The van der Waals surface area contributed by atoms with E-state index in [4.69, 9.17) is 21.2 Å². The highest BCUT2D eigenvalue weighted by Crippen LogP contribution is 2.22. The minimum Gasteiger partial charge on any atom is -0.378 e. The van der Waals surface area contributed by atoms with E-state index in [1.54, 1.807) is 13.0 Å². The quantitative estimate of drug-likeness (QED) is 0.362. The van der Waals surface area contributed by atoms with E-state index in [1.807, 2.05) is 0 Å². The van der Waals surface area contributed by atoms with Crippen molar-refractivity contribution in [3.05, 3.63) is 11.2 Å². The number of ether oxygens (including phenoxy) is 1. The normalized spacial score (nSPS) is 15.0. The van der Waals surface area contributed by atoms with Crippen LogP contribution >= 0.6 is 23.4 Å². The van der Waals surface area contributed by atoms with Crippen molar-refractivity contribution in [2.24, 2.45) is 0 Å². The molecule has 1 aromatic rings. The van der Waals surface area contributed by atoms with Gasteiger partial charge >= 0.3 is 0 Å². The highest BCUT2D eigenvalue weighted by Gasteiger charge is 2.15. The van der Waals surface area contributed by atoms with Gasteiger partial charge in [-0.25, -0.2) is 15.4 Å². The summed E-state index contributed by atoms with van der Waals surface area (Å²) in [6.07, 6.45) is 0. The highest BCUT2D eigenvalue weighted by molar-refractivity contribution is 7.99. The Morgan fingerprint density at radius 2 is 2.29 bits per heavy atom. The van der Waals surface area contributed by atoms with Crippen molar-refractivity contribution in [3.63, 3.8) is 0 Å². The predicted molar refractivity (Wildman–Crippen MR) is 80.6 cm³/mol. The first-order valence-electron chi connectivity index (χ1n) is 6.59. The van der Waals surface area contributed by atoms with Crippen molar-refractivity contribution in [2.75, 3.05) is 43.6 Å². The first-order chi connectivity index (χ1) is 10.2. The first kappa shape index (κ1) is 16.3. The summed E-state index contributed by atoms with van der Waals surface area (Å²) in [5.74, 6) is 0.687. The van der Waals surface area contributed by atoms with Crippen molar-refractivity contribution in [3.8, 4) is 0 Å². The second kappa shape index (κ2) is 8.38. The van der Waals surface area contributed by atoms with Crippen LogP contribution in [0.4, 0.5) is 5.82 Å². The van der Waals surface area contributed by atoms with Crippen molar-refractivity contribution in [2.45, 2.75) is 12.1 Å². The fraction of sp³-hybridized carbons (Fsp3) is 0.583. The van der Waals surface area contributed by atoms with Gasteiger partial charge < -0.3 is 9.64 Å². The molecule has 7 nitrogen and oxygen atoms in total. The molecule has 1 fully saturated rings. The Kier molecular flexibility index (Phi) is 6.50.